The molecular weight excluding hydrogens is 250 g/mol. The van der Waals surface area contributed by atoms with E-state index in [1.54, 1.807) is 11.8 Å². The van der Waals surface area contributed by atoms with Gasteiger partial charge in [0.2, 0.25) is 0 Å². The van der Waals surface area contributed by atoms with Crippen molar-refractivity contribution < 1.29 is 4.74 Å². The number of aromatic nitrogens is 3. The van der Waals surface area contributed by atoms with E-state index in [2.05, 4.69) is 22.0 Å². The van der Waals surface area contributed by atoms with Gasteiger partial charge < -0.3 is 15.0 Å². The highest BCUT2D eigenvalue weighted by Crippen LogP contribution is 2.19. The van der Waals surface area contributed by atoms with Crippen LogP contribution in [0.1, 0.15) is 12.7 Å². The first-order valence-corrected chi connectivity index (χ1v) is 7.28. The third-order valence-electron chi connectivity index (χ3n) is 3.18. The number of thioether (sulfide) groups is 1. The Hall–Kier alpha value is -0.630. The van der Waals surface area contributed by atoms with Crippen LogP contribution in [-0.4, -0.2) is 57.8 Å². The highest BCUT2D eigenvalue weighted by molar-refractivity contribution is 7.99. The van der Waals surface area contributed by atoms with Crippen LogP contribution in [0.2, 0.25) is 0 Å². The van der Waals surface area contributed by atoms with Crippen LogP contribution in [0, 0.1) is 0 Å². The van der Waals surface area contributed by atoms with E-state index in [1.165, 1.54) is 0 Å². The number of nitrogens with zero attached hydrogens (tertiary/aromatic N) is 4. The van der Waals surface area contributed by atoms with E-state index >= 15 is 0 Å². The first-order chi connectivity index (χ1) is 8.74. The predicted octanol–water partition coefficient (Wildman–Crippen LogP) is 0.0866. The van der Waals surface area contributed by atoms with Crippen LogP contribution in [-0.2, 0) is 18.3 Å². The Morgan fingerprint density at radius 2 is 2.33 bits per heavy atom. The number of likely N-dealkylation sites (N-methyl/N-ethyl adjacent to an activating group) is 1. The van der Waals surface area contributed by atoms with Crippen molar-refractivity contribution in [3.8, 4) is 0 Å². The zero-order valence-electron chi connectivity index (χ0n) is 11.0. The maximum absolute atomic E-state index is 5.76. The highest BCUT2D eigenvalue weighted by atomic mass is 32.2. The third kappa shape index (κ3) is 3.23. The zero-order valence-corrected chi connectivity index (χ0v) is 11.8. The summed E-state index contributed by atoms with van der Waals surface area (Å²) in [6.45, 7) is 6.57. The Morgan fingerprint density at radius 1 is 1.50 bits per heavy atom. The molecule has 7 heteroatoms. The Bertz CT molecular complexity index is 384. The van der Waals surface area contributed by atoms with E-state index in [0.717, 1.165) is 43.0 Å². The van der Waals surface area contributed by atoms with Crippen molar-refractivity contribution in [2.75, 3.05) is 32.0 Å². The van der Waals surface area contributed by atoms with Crippen LogP contribution in [0.15, 0.2) is 5.16 Å². The minimum Gasteiger partial charge on any atom is -0.375 e. The van der Waals surface area contributed by atoms with Crippen LogP contribution in [0.25, 0.3) is 0 Å². The molecule has 2 N–H and O–H groups in total. The predicted molar refractivity (Wildman–Crippen MR) is 71.5 cm³/mol. The summed E-state index contributed by atoms with van der Waals surface area (Å²) in [5.41, 5.74) is 5.58. The quantitative estimate of drug-likeness (QED) is 0.765. The van der Waals surface area contributed by atoms with Crippen molar-refractivity contribution in [1.82, 2.24) is 19.7 Å². The Kier molecular flexibility index (Phi) is 4.99. The summed E-state index contributed by atoms with van der Waals surface area (Å²) in [7, 11) is 1.95. The van der Waals surface area contributed by atoms with Crippen LogP contribution < -0.4 is 5.73 Å². The summed E-state index contributed by atoms with van der Waals surface area (Å²) in [4.78, 5) is 2.41. The molecule has 1 fully saturated rings. The molecule has 2 heterocycles. The molecule has 102 valence electrons. The maximum Gasteiger partial charge on any atom is 0.191 e. The van der Waals surface area contributed by atoms with Crippen molar-refractivity contribution in [2.24, 2.45) is 12.8 Å². The summed E-state index contributed by atoms with van der Waals surface area (Å²) >= 11 is 1.68. The van der Waals surface area contributed by atoms with Gasteiger partial charge in [-0.15, -0.1) is 10.2 Å². The largest absolute Gasteiger partial charge is 0.375 e. The Balaban J connectivity index is 1.85. The normalized spacial score (nSPS) is 21.4. The van der Waals surface area contributed by atoms with E-state index in [1.807, 2.05) is 11.6 Å². The molecule has 1 aromatic rings. The zero-order chi connectivity index (χ0) is 13.0. The number of rotatable bonds is 5. The Labute approximate surface area is 112 Å². The Morgan fingerprint density at radius 3 is 3.00 bits per heavy atom. The third-order valence-corrected chi connectivity index (χ3v) is 4.33. The van der Waals surface area contributed by atoms with Crippen molar-refractivity contribution in [1.29, 1.82) is 0 Å². The SMILES string of the molecule is CCN1CCOC(CSc2nnc(CN)n2C)C1. The van der Waals surface area contributed by atoms with E-state index in [4.69, 9.17) is 10.5 Å². The molecule has 1 atom stereocenters. The number of ether oxygens (including phenoxy) is 1. The molecule has 0 amide bonds. The fourth-order valence-electron chi connectivity index (χ4n) is 1.98. The van der Waals surface area contributed by atoms with Gasteiger partial charge >= 0.3 is 0 Å². The molecule has 1 unspecified atom stereocenters. The molecule has 18 heavy (non-hydrogen) atoms. The summed E-state index contributed by atoms with van der Waals surface area (Å²) in [6.07, 6.45) is 0.279. The summed E-state index contributed by atoms with van der Waals surface area (Å²) in [6, 6.07) is 0. The lowest BCUT2D eigenvalue weighted by atomic mass is 10.3. The molecule has 1 aliphatic heterocycles. The lowest BCUT2D eigenvalue weighted by Crippen LogP contribution is -2.43. The van der Waals surface area contributed by atoms with Gasteiger partial charge in [-0.1, -0.05) is 18.7 Å². The molecule has 0 radical (unpaired) electrons. The van der Waals surface area contributed by atoms with Crippen LogP contribution in [0.5, 0.6) is 0 Å². The molecule has 0 aromatic carbocycles. The van der Waals surface area contributed by atoms with Gasteiger partial charge in [-0.2, -0.15) is 0 Å². The van der Waals surface area contributed by atoms with Crippen molar-refractivity contribution in [2.45, 2.75) is 24.7 Å². The minimum atomic E-state index is 0.279. The van der Waals surface area contributed by atoms with Gasteiger partial charge in [0.15, 0.2) is 5.16 Å². The smallest absolute Gasteiger partial charge is 0.191 e. The van der Waals surface area contributed by atoms with Crippen molar-refractivity contribution in [3.05, 3.63) is 5.82 Å². The molecule has 0 spiro atoms. The average Bonchev–Trinajstić information content (AvgIpc) is 2.77. The van der Waals surface area contributed by atoms with Crippen LogP contribution >= 0.6 is 11.8 Å². The molecule has 0 saturated carbocycles. The summed E-state index contributed by atoms with van der Waals surface area (Å²) in [5.74, 6) is 1.73. The molecule has 1 aromatic heterocycles. The average molecular weight is 271 g/mol. The van der Waals surface area contributed by atoms with Crippen molar-refractivity contribution in [3.63, 3.8) is 0 Å². The van der Waals surface area contributed by atoms with Gasteiger partial charge in [-0.25, -0.2) is 0 Å². The number of hydrogen-bond acceptors (Lipinski definition) is 6. The van der Waals surface area contributed by atoms with Gasteiger partial charge in [-0.05, 0) is 6.54 Å². The lowest BCUT2D eigenvalue weighted by Gasteiger charge is -2.31. The fraction of sp³-hybridized carbons (Fsp3) is 0.818. The highest BCUT2D eigenvalue weighted by Gasteiger charge is 2.20. The van der Waals surface area contributed by atoms with Gasteiger partial charge in [0.1, 0.15) is 5.82 Å². The second kappa shape index (κ2) is 6.51. The van der Waals surface area contributed by atoms with Gasteiger partial charge in [-0.3, -0.25) is 4.90 Å². The minimum absolute atomic E-state index is 0.279. The van der Waals surface area contributed by atoms with Crippen LogP contribution in [0.3, 0.4) is 0 Å². The monoisotopic (exact) mass is 271 g/mol. The lowest BCUT2D eigenvalue weighted by molar-refractivity contribution is -0.0137. The first-order valence-electron chi connectivity index (χ1n) is 6.29. The first kappa shape index (κ1) is 13.8. The van der Waals surface area contributed by atoms with E-state index in [-0.39, 0.29) is 6.10 Å². The topological polar surface area (TPSA) is 69.2 Å². The van der Waals surface area contributed by atoms with E-state index in [9.17, 15) is 0 Å². The molecule has 1 aliphatic rings. The standard InChI is InChI=1S/C11H21N5OS/c1-3-16-4-5-17-9(7-16)8-18-11-14-13-10(6-12)15(11)2/h9H,3-8,12H2,1-2H3. The second-order valence-corrected chi connectivity index (χ2v) is 5.35. The van der Waals surface area contributed by atoms with Gasteiger partial charge in [0.05, 0.1) is 19.3 Å². The van der Waals surface area contributed by atoms with Crippen LogP contribution in [0.4, 0.5) is 0 Å². The second-order valence-electron chi connectivity index (χ2n) is 4.36. The van der Waals surface area contributed by atoms with Crippen molar-refractivity contribution >= 4 is 11.8 Å². The molecular formula is C11H21N5OS. The maximum atomic E-state index is 5.76. The number of hydrogen-bond donors (Lipinski definition) is 1. The summed E-state index contributed by atoms with van der Waals surface area (Å²) < 4.78 is 7.71. The van der Waals surface area contributed by atoms with E-state index < -0.39 is 0 Å². The van der Waals surface area contributed by atoms with Gasteiger partial charge in [0.25, 0.3) is 0 Å². The molecule has 0 aliphatic carbocycles. The molecule has 2 rings (SSSR count). The van der Waals surface area contributed by atoms with Gasteiger partial charge in [0, 0.05) is 25.9 Å². The number of morpholine rings is 1. The molecule has 1 saturated heterocycles. The summed E-state index contributed by atoms with van der Waals surface area (Å²) in [5, 5.41) is 9.09. The fourth-order valence-corrected chi connectivity index (χ4v) is 2.92. The number of nitrogens with two attached hydrogens (primary N) is 1. The molecule has 0 bridgehead atoms. The van der Waals surface area contributed by atoms with E-state index in [0.29, 0.717) is 6.54 Å². The molecule has 6 nitrogen and oxygen atoms in total.